The zero-order valence-electron chi connectivity index (χ0n) is 20.3. The van der Waals surface area contributed by atoms with Crippen molar-refractivity contribution < 1.29 is 46.1 Å². The maximum absolute atomic E-state index is 12.8. The van der Waals surface area contributed by atoms with Crippen molar-refractivity contribution in [2.24, 2.45) is 0 Å². The first-order valence-corrected chi connectivity index (χ1v) is 14.2. The van der Waals surface area contributed by atoms with Gasteiger partial charge in [0.1, 0.15) is 23.0 Å². The van der Waals surface area contributed by atoms with Gasteiger partial charge < -0.3 is 24.4 Å². The lowest BCUT2D eigenvalue weighted by atomic mass is 10.3. The van der Waals surface area contributed by atoms with Gasteiger partial charge in [0, 0.05) is 0 Å². The lowest BCUT2D eigenvalue weighted by Crippen LogP contribution is -2.34. The van der Waals surface area contributed by atoms with Crippen LogP contribution in [0.1, 0.15) is 0 Å². The van der Waals surface area contributed by atoms with Crippen LogP contribution in [0.2, 0.25) is 0 Å². The SMILES string of the molecule is COC(=O)C(Oc1ccc(S(=O)(=O)c2ccc(O)cc2)cc1)Oc1ccc(S(=O)(=O)c2ccc(O)cc2)cc1. The standard InChI is InChI=1S/C27H22O10S2/c1-35-26(30)27(36-20-6-14-24(15-7-20)38(31,32)22-10-2-18(28)3-11-22)37-21-8-16-25(17-9-21)39(33,34)23-12-4-19(29)5-13-23/h2-17,27-29H,1H3. The lowest BCUT2D eigenvalue weighted by molar-refractivity contribution is -0.162. The van der Waals surface area contributed by atoms with E-state index in [4.69, 9.17) is 14.2 Å². The minimum atomic E-state index is -3.86. The quantitative estimate of drug-likeness (QED) is 0.225. The molecular formula is C27H22O10S2. The van der Waals surface area contributed by atoms with E-state index in [1.54, 1.807) is 0 Å². The Labute approximate surface area is 224 Å². The molecule has 12 heteroatoms. The fraction of sp³-hybridized carbons (Fsp3) is 0.0741. The van der Waals surface area contributed by atoms with Gasteiger partial charge in [-0.05, 0) is 97.1 Å². The second kappa shape index (κ2) is 11.1. The van der Waals surface area contributed by atoms with Crippen LogP contribution < -0.4 is 9.47 Å². The average Bonchev–Trinajstić information content (AvgIpc) is 2.93. The highest BCUT2D eigenvalue weighted by Crippen LogP contribution is 2.27. The number of hydrogen-bond donors (Lipinski definition) is 2. The van der Waals surface area contributed by atoms with Crippen LogP contribution >= 0.6 is 0 Å². The summed E-state index contributed by atoms with van der Waals surface area (Å²) in [5, 5.41) is 18.8. The maximum atomic E-state index is 12.8. The Hall–Kier alpha value is -4.55. The molecule has 0 heterocycles. The molecule has 4 aromatic rings. The molecule has 0 unspecified atom stereocenters. The van der Waals surface area contributed by atoms with Crippen molar-refractivity contribution >= 4 is 25.6 Å². The monoisotopic (exact) mass is 570 g/mol. The van der Waals surface area contributed by atoms with E-state index in [0.717, 1.165) is 7.11 Å². The Bertz CT molecular complexity index is 1540. The molecule has 0 aromatic heterocycles. The topological polar surface area (TPSA) is 154 Å². The fourth-order valence-electron chi connectivity index (χ4n) is 3.38. The molecule has 0 bridgehead atoms. The molecule has 0 atom stereocenters. The van der Waals surface area contributed by atoms with Crippen LogP contribution in [0.15, 0.2) is 117 Å². The third kappa shape index (κ3) is 6.13. The molecule has 4 rings (SSSR count). The minimum absolute atomic E-state index is 0.0133. The van der Waals surface area contributed by atoms with Gasteiger partial charge in [0.2, 0.25) is 19.7 Å². The normalized spacial score (nSPS) is 11.6. The van der Waals surface area contributed by atoms with E-state index in [0.29, 0.717) is 0 Å². The van der Waals surface area contributed by atoms with E-state index in [9.17, 15) is 31.8 Å². The highest BCUT2D eigenvalue weighted by Gasteiger charge is 2.25. The van der Waals surface area contributed by atoms with Crippen molar-refractivity contribution in [3.8, 4) is 23.0 Å². The summed E-state index contributed by atoms with van der Waals surface area (Å²) in [6, 6.07) is 20.6. The van der Waals surface area contributed by atoms with Gasteiger partial charge in [0.25, 0.3) is 0 Å². The highest BCUT2D eigenvalue weighted by molar-refractivity contribution is 7.91. The first kappa shape index (κ1) is 27.5. The van der Waals surface area contributed by atoms with Crippen LogP contribution in [0.25, 0.3) is 0 Å². The van der Waals surface area contributed by atoms with Gasteiger partial charge in [-0.3, -0.25) is 0 Å². The molecule has 2 N–H and O–H groups in total. The van der Waals surface area contributed by atoms with Gasteiger partial charge in [-0.2, -0.15) is 0 Å². The molecular weight excluding hydrogens is 548 g/mol. The molecule has 0 saturated carbocycles. The number of phenols is 2. The Kier molecular flexibility index (Phi) is 7.79. The molecule has 39 heavy (non-hydrogen) atoms. The molecule has 0 aliphatic heterocycles. The zero-order valence-corrected chi connectivity index (χ0v) is 21.9. The molecule has 0 radical (unpaired) electrons. The number of methoxy groups -OCH3 is 1. The Balaban J connectivity index is 1.50. The van der Waals surface area contributed by atoms with E-state index in [-0.39, 0.29) is 42.6 Å². The predicted molar refractivity (Wildman–Crippen MR) is 137 cm³/mol. The summed E-state index contributed by atoms with van der Waals surface area (Å²) >= 11 is 0. The van der Waals surface area contributed by atoms with E-state index in [1.807, 2.05) is 0 Å². The average molecular weight is 571 g/mol. The van der Waals surface area contributed by atoms with Crippen LogP contribution in [0.4, 0.5) is 0 Å². The van der Waals surface area contributed by atoms with Crippen molar-refractivity contribution in [1.29, 1.82) is 0 Å². The van der Waals surface area contributed by atoms with Crippen molar-refractivity contribution in [1.82, 2.24) is 0 Å². The summed E-state index contributed by atoms with van der Waals surface area (Å²) in [6.07, 6.45) is -1.59. The van der Waals surface area contributed by atoms with Gasteiger partial charge in [0.15, 0.2) is 0 Å². The minimum Gasteiger partial charge on any atom is -0.508 e. The maximum Gasteiger partial charge on any atom is 0.389 e. The van der Waals surface area contributed by atoms with Gasteiger partial charge in [0.05, 0.1) is 26.7 Å². The first-order valence-electron chi connectivity index (χ1n) is 11.2. The number of aromatic hydroxyl groups is 2. The number of carbonyl (C=O) groups excluding carboxylic acids is 1. The third-order valence-electron chi connectivity index (χ3n) is 5.44. The van der Waals surface area contributed by atoms with Crippen LogP contribution in [-0.2, 0) is 29.2 Å². The number of phenolic OH excluding ortho intramolecular Hbond substituents is 2. The van der Waals surface area contributed by atoms with Crippen LogP contribution in [0, 0.1) is 0 Å². The lowest BCUT2D eigenvalue weighted by Gasteiger charge is -2.18. The summed E-state index contributed by atoms with van der Waals surface area (Å²) in [4.78, 5) is 12.2. The molecule has 0 amide bonds. The predicted octanol–water partition coefficient (Wildman–Crippen LogP) is 3.72. The van der Waals surface area contributed by atoms with Gasteiger partial charge in [-0.1, -0.05) is 0 Å². The highest BCUT2D eigenvalue weighted by atomic mass is 32.2. The van der Waals surface area contributed by atoms with E-state index in [1.165, 1.54) is 97.1 Å². The van der Waals surface area contributed by atoms with Crippen molar-refractivity contribution in [3.63, 3.8) is 0 Å². The molecule has 0 aliphatic rings. The summed E-state index contributed by atoms with van der Waals surface area (Å²) in [7, 11) is -6.59. The second-order valence-electron chi connectivity index (χ2n) is 8.03. The van der Waals surface area contributed by atoms with E-state index in [2.05, 4.69) is 0 Å². The molecule has 0 fully saturated rings. The largest absolute Gasteiger partial charge is 0.508 e. The Morgan fingerprint density at radius 2 is 0.846 bits per heavy atom. The van der Waals surface area contributed by atoms with Gasteiger partial charge in [-0.15, -0.1) is 0 Å². The molecule has 0 saturated heterocycles. The molecule has 4 aromatic carbocycles. The smallest absolute Gasteiger partial charge is 0.389 e. The number of ether oxygens (including phenoxy) is 3. The summed E-state index contributed by atoms with van der Waals surface area (Å²) in [5.74, 6) is -0.833. The van der Waals surface area contributed by atoms with Crippen molar-refractivity contribution in [2.75, 3.05) is 7.11 Å². The number of benzene rings is 4. The molecule has 0 aliphatic carbocycles. The van der Waals surface area contributed by atoms with Crippen LogP contribution in [-0.4, -0.2) is 46.4 Å². The summed E-state index contributed by atoms with van der Waals surface area (Å²) in [5.41, 5.74) is 0. The number of carbonyl (C=O) groups is 1. The summed E-state index contributed by atoms with van der Waals surface area (Å²) < 4.78 is 67.1. The summed E-state index contributed by atoms with van der Waals surface area (Å²) in [6.45, 7) is 0. The second-order valence-corrected chi connectivity index (χ2v) is 11.9. The molecule has 0 spiro atoms. The number of esters is 1. The number of hydrogen-bond acceptors (Lipinski definition) is 10. The zero-order chi connectivity index (χ0) is 28.2. The van der Waals surface area contributed by atoms with Crippen molar-refractivity contribution in [2.45, 2.75) is 25.9 Å². The Morgan fingerprint density at radius 1 is 0.564 bits per heavy atom. The van der Waals surface area contributed by atoms with Gasteiger partial charge >= 0.3 is 12.3 Å². The van der Waals surface area contributed by atoms with Crippen LogP contribution in [0.3, 0.4) is 0 Å². The van der Waals surface area contributed by atoms with Crippen LogP contribution in [0.5, 0.6) is 23.0 Å². The van der Waals surface area contributed by atoms with E-state index < -0.39 is 31.9 Å². The molecule has 10 nitrogen and oxygen atoms in total. The third-order valence-corrected chi connectivity index (χ3v) is 9.01. The van der Waals surface area contributed by atoms with E-state index >= 15 is 0 Å². The molecule has 202 valence electrons. The van der Waals surface area contributed by atoms with Gasteiger partial charge in [-0.25, -0.2) is 21.6 Å². The van der Waals surface area contributed by atoms with Crippen molar-refractivity contribution in [3.05, 3.63) is 97.1 Å². The first-order chi connectivity index (χ1) is 18.5. The number of rotatable bonds is 9. The Morgan fingerprint density at radius 3 is 1.13 bits per heavy atom. The number of sulfone groups is 2. The fourth-order valence-corrected chi connectivity index (χ4v) is 5.90.